The first-order valence-electron chi connectivity index (χ1n) is 8.20. The Kier molecular flexibility index (Phi) is 4.62. The van der Waals surface area contributed by atoms with Crippen molar-refractivity contribution in [2.45, 2.75) is 24.9 Å². The van der Waals surface area contributed by atoms with Crippen molar-refractivity contribution in [3.63, 3.8) is 0 Å². The van der Waals surface area contributed by atoms with Crippen LogP contribution in [0.15, 0.2) is 40.2 Å². The van der Waals surface area contributed by atoms with Gasteiger partial charge in [0.05, 0.1) is 19.0 Å². The number of hydrogen-bond acceptors (Lipinski definition) is 4. The molecule has 2 N–H and O–H groups in total. The molecule has 3 heterocycles. The van der Waals surface area contributed by atoms with Crippen LogP contribution in [0.5, 0.6) is 0 Å². The molecule has 0 bridgehead atoms. The van der Waals surface area contributed by atoms with Crippen LogP contribution in [0, 0.1) is 0 Å². The molecule has 1 aliphatic heterocycles. The second-order valence-corrected chi connectivity index (χ2v) is 6.53. The number of nitrogens with one attached hydrogen (secondary N) is 1. The van der Waals surface area contributed by atoms with Crippen LogP contribution < -0.4 is 5.32 Å². The Labute approximate surface area is 142 Å². The zero-order valence-corrected chi connectivity index (χ0v) is 14.4. The number of hydrogen-bond donors (Lipinski definition) is 2. The first-order chi connectivity index (χ1) is 11.5. The van der Waals surface area contributed by atoms with Crippen LogP contribution >= 0.6 is 0 Å². The summed E-state index contributed by atoms with van der Waals surface area (Å²) in [6.07, 6.45) is 6.65. The van der Waals surface area contributed by atoms with E-state index in [9.17, 15) is 5.11 Å². The monoisotopic (exact) mass is 331 g/mol. The predicted molar refractivity (Wildman–Crippen MR) is 91.8 cm³/mol. The lowest BCUT2D eigenvalue weighted by Gasteiger charge is -2.26. The highest BCUT2D eigenvalue weighted by Crippen LogP contribution is 2.27. The van der Waals surface area contributed by atoms with Crippen LogP contribution in [0.4, 0.5) is 0 Å². The molecule has 7 nitrogen and oxygen atoms in total. The minimum atomic E-state index is -1.08. The quantitative estimate of drug-likeness (QED) is 0.652. The van der Waals surface area contributed by atoms with Crippen molar-refractivity contribution in [1.29, 1.82) is 0 Å². The van der Waals surface area contributed by atoms with Crippen molar-refractivity contribution >= 4 is 5.96 Å². The van der Waals surface area contributed by atoms with E-state index in [-0.39, 0.29) is 0 Å². The van der Waals surface area contributed by atoms with Crippen LogP contribution in [0.2, 0.25) is 0 Å². The molecule has 0 amide bonds. The number of aliphatic imine (C=N–C) groups is 1. The zero-order chi connectivity index (χ0) is 17.2. The van der Waals surface area contributed by atoms with Crippen molar-refractivity contribution in [1.82, 2.24) is 20.0 Å². The van der Waals surface area contributed by atoms with Crippen molar-refractivity contribution in [3.8, 4) is 0 Å². The molecule has 0 aliphatic carbocycles. The SMILES string of the molecule is CN=C(NCC(C)(O)c1ccco1)N1CCC(c2cnn(C)c2)C1. The van der Waals surface area contributed by atoms with Gasteiger partial charge in [-0.3, -0.25) is 9.67 Å². The molecule has 2 aromatic rings. The van der Waals surface area contributed by atoms with Crippen molar-refractivity contribution in [2.24, 2.45) is 12.0 Å². The Hall–Kier alpha value is -2.28. The fraction of sp³-hybridized carbons (Fsp3) is 0.529. The van der Waals surface area contributed by atoms with E-state index in [4.69, 9.17) is 4.42 Å². The molecule has 1 saturated heterocycles. The Morgan fingerprint density at radius 1 is 1.58 bits per heavy atom. The summed E-state index contributed by atoms with van der Waals surface area (Å²) in [5.41, 5.74) is 0.181. The van der Waals surface area contributed by atoms with E-state index in [1.165, 1.54) is 5.56 Å². The third-order valence-corrected chi connectivity index (χ3v) is 4.54. The van der Waals surface area contributed by atoms with Gasteiger partial charge in [-0.2, -0.15) is 5.10 Å². The number of furan rings is 1. The van der Waals surface area contributed by atoms with Gasteiger partial charge in [0.2, 0.25) is 0 Å². The predicted octanol–water partition coefficient (Wildman–Crippen LogP) is 1.29. The van der Waals surface area contributed by atoms with E-state index >= 15 is 0 Å². The Bertz CT molecular complexity index is 690. The topological polar surface area (TPSA) is 78.8 Å². The Morgan fingerprint density at radius 2 is 2.42 bits per heavy atom. The summed E-state index contributed by atoms with van der Waals surface area (Å²) in [4.78, 5) is 6.57. The van der Waals surface area contributed by atoms with E-state index in [1.54, 1.807) is 32.4 Å². The van der Waals surface area contributed by atoms with Gasteiger partial charge in [-0.25, -0.2) is 0 Å². The molecule has 0 saturated carbocycles. The molecule has 2 atom stereocenters. The van der Waals surface area contributed by atoms with Gasteiger partial charge in [0, 0.05) is 39.3 Å². The maximum Gasteiger partial charge on any atom is 0.193 e. The third kappa shape index (κ3) is 3.46. The Morgan fingerprint density at radius 3 is 3.04 bits per heavy atom. The largest absolute Gasteiger partial charge is 0.466 e. The standard InChI is InChI=1S/C17H25N5O2/c1-17(23,15-5-4-8-24-15)12-19-16(18-2)22-7-6-13(11-22)14-9-20-21(3)10-14/h4-5,8-10,13,23H,6-7,11-12H2,1-3H3,(H,18,19). The van der Waals surface area contributed by atoms with Gasteiger partial charge >= 0.3 is 0 Å². The maximum atomic E-state index is 10.6. The van der Waals surface area contributed by atoms with E-state index < -0.39 is 5.60 Å². The first-order valence-corrected chi connectivity index (χ1v) is 8.20. The van der Waals surface area contributed by atoms with E-state index in [0.717, 1.165) is 25.5 Å². The molecule has 0 aromatic carbocycles. The van der Waals surface area contributed by atoms with Gasteiger partial charge in [-0.05, 0) is 31.0 Å². The molecule has 130 valence electrons. The lowest BCUT2D eigenvalue weighted by molar-refractivity contribution is 0.0381. The zero-order valence-electron chi connectivity index (χ0n) is 14.4. The molecular weight excluding hydrogens is 306 g/mol. The highest BCUT2D eigenvalue weighted by atomic mass is 16.4. The molecule has 7 heteroatoms. The van der Waals surface area contributed by atoms with Gasteiger partial charge in [0.25, 0.3) is 0 Å². The van der Waals surface area contributed by atoms with Gasteiger partial charge in [-0.15, -0.1) is 0 Å². The molecule has 1 fully saturated rings. The number of rotatable bonds is 4. The summed E-state index contributed by atoms with van der Waals surface area (Å²) in [6.45, 7) is 3.90. The fourth-order valence-electron chi connectivity index (χ4n) is 3.13. The summed E-state index contributed by atoms with van der Waals surface area (Å²) < 4.78 is 7.15. The number of guanidine groups is 1. The van der Waals surface area contributed by atoms with Crippen molar-refractivity contribution in [2.75, 3.05) is 26.7 Å². The molecule has 3 rings (SSSR count). The lowest BCUT2D eigenvalue weighted by Crippen LogP contribution is -2.45. The highest BCUT2D eigenvalue weighted by molar-refractivity contribution is 5.80. The van der Waals surface area contributed by atoms with Gasteiger partial charge in [0.15, 0.2) is 5.96 Å². The second-order valence-electron chi connectivity index (χ2n) is 6.53. The van der Waals surface area contributed by atoms with Crippen LogP contribution in [-0.2, 0) is 12.6 Å². The minimum absolute atomic E-state index is 0.335. The van der Waals surface area contributed by atoms with Crippen LogP contribution in [0.1, 0.15) is 30.6 Å². The van der Waals surface area contributed by atoms with Crippen LogP contribution in [-0.4, -0.2) is 52.4 Å². The maximum absolute atomic E-state index is 10.6. The van der Waals surface area contributed by atoms with Gasteiger partial charge in [-0.1, -0.05) is 0 Å². The summed E-state index contributed by atoms with van der Waals surface area (Å²) in [5.74, 6) is 1.80. The van der Waals surface area contributed by atoms with E-state index in [2.05, 4.69) is 26.5 Å². The summed E-state index contributed by atoms with van der Waals surface area (Å²) in [6, 6.07) is 3.55. The fourth-order valence-corrected chi connectivity index (χ4v) is 3.13. The van der Waals surface area contributed by atoms with Crippen molar-refractivity contribution < 1.29 is 9.52 Å². The van der Waals surface area contributed by atoms with E-state index in [0.29, 0.717) is 18.2 Å². The summed E-state index contributed by atoms with van der Waals surface area (Å²) in [7, 11) is 3.70. The van der Waals surface area contributed by atoms with Crippen LogP contribution in [0.3, 0.4) is 0 Å². The molecular formula is C17H25N5O2. The number of nitrogens with zero attached hydrogens (tertiary/aromatic N) is 4. The van der Waals surface area contributed by atoms with Crippen molar-refractivity contribution in [3.05, 3.63) is 42.1 Å². The molecule has 24 heavy (non-hydrogen) atoms. The smallest absolute Gasteiger partial charge is 0.193 e. The summed E-state index contributed by atoms with van der Waals surface area (Å²) >= 11 is 0. The third-order valence-electron chi connectivity index (χ3n) is 4.54. The average molecular weight is 331 g/mol. The second kappa shape index (κ2) is 6.68. The summed E-state index contributed by atoms with van der Waals surface area (Å²) in [5, 5.41) is 18.1. The Balaban J connectivity index is 1.59. The molecule has 0 radical (unpaired) electrons. The number of aromatic nitrogens is 2. The van der Waals surface area contributed by atoms with Crippen LogP contribution in [0.25, 0.3) is 0 Å². The molecule has 1 aliphatic rings. The highest BCUT2D eigenvalue weighted by Gasteiger charge is 2.30. The number of likely N-dealkylation sites (tertiary alicyclic amines) is 1. The van der Waals surface area contributed by atoms with E-state index in [1.807, 2.05) is 17.9 Å². The average Bonchev–Trinajstić information content (AvgIpc) is 3.29. The van der Waals surface area contributed by atoms with Gasteiger partial charge < -0.3 is 19.7 Å². The molecule has 0 spiro atoms. The number of aliphatic hydroxyl groups is 1. The molecule has 2 unspecified atom stereocenters. The minimum Gasteiger partial charge on any atom is -0.466 e. The first kappa shape index (κ1) is 16.6. The lowest BCUT2D eigenvalue weighted by atomic mass is 10.0. The normalized spacial score (nSPS) is 21.1. The number of aryl methyl sites for hydroxylation is 1. The van der Waals surface area contributed by atoms with Gasteiger partial charge in [0.1, 0.15) is 11.4 Å². The molecule has 2 aromatic heterocycles.